The van der Waals surface area contributed by atoms with Crippen molar-refractivity contribution in [1.82, 2.24) is 9.88 Å². The Morgan fingerprint density at radius 3 is 2.90 bits per heavy atom. The number of fused-ring (bicyclic) bond motifs is 1. The van der Waals surface area contributed by atoms with Crippen LogP contribution in [0.3, 0.4) is 0 Å². The normalized spacial score (nSPS) is 26.8. The monoisotopic (exact) mass is 272 g/mol. The van der Waals surface area contributed by atoms with E-state index < -0.39 is 5.97 Å². The lowest BCUT2D eigenvalue weighted by Crippen LogP contribution is -2.44. The number of hydrogen-bond acceptors (Lipinski definition) is 2. The minimum Gasteiger partial charge on any atom is -0.481 e. The van der Waals surface area contributed by atoms with Crippen LogP contribution in [0.4, 0.5) is 0 Å². The summed E-state index contributed by atoms with van der Waals surface area (Å²) in [6.07, 6.45) is 2.97. The lowest BCUT2D eigenvalue weighted by atomic mass is 9.78. The Morgan fingerprint density at radius 2 is 2.15 bits per heavy atom. The van der Waals surface area contributed by atoms with Gasteiger partial charge in [0, 0.05) is 42.7 Å². The van der Waals surface area contributed by atoms with E-state index in [1.807, 2.05) is 19.2 Å². The van der Waals surface area contributed by atoms with Gasteiger partial charge in [-0.3, -0.25) is 4.79 Å². The molecule has 2 N–H and O–H groups in total. The van der Waals surface area contributed by atoms with E-state index >= 15 is 0 Å². The Hall–Kier alpha value is -1.81. The van der Waals surface area contributed by atoms with Gasteiger partial charge in [-0.2, -0.15) is 0 Å². The second-order valence-electron chi connectivity index (χ2n) is 5.81. The van der Waals surface area contributed by atoms with Crippen molar-refractivity contribution in [3.05, 3.63) is 36.0 Å². The SMILES string of the molecule is CC1CC(c2cn(C)c3ccccc23)C(C(=O)O)CN1. The van der Waals surface area contributed by atoms with Crippen molar-refractivity contribution in [1.29, 1.82) is 0 Å². The number of para-hydroxylation sites is 1. The molecule has 20 heavy (non-hydrogen) atoms. The van der Waals surface area contributed by atoms with Gasteiger partial charge in [0.05, 0.1) is 5.92 Å². The largest absolute Gasteiger partial charge is 0.481 e. The first-order chi connectivity index (χ1) is 9.58. The van der Waals surface area contributed by atoms with Gasteiger partial charge >= 0.3 is 5.97 Å². The van der Waals surface area contributed by atoms with Crippen molar-refractivity contribution in [3.8, 4) is 0 Å². The van der Waals surface area contributed by atoms with Gasteiger partial charge in [-0.1, -0.05) is 18.2 Å². The lowest BCUT2D eigenvalue weighted by Gasteiger charge is -2.33. The molecular formula is C16H20N2O2. The molecule has 1 aliphatic rings. The molecule has 0 amide bonds. The predicted molar refractivity (Wildman–Crippen MR) is 78.9 cm³/mol. The van der Waals surface area contributed by atoms with Crippen LogP contribution in [-0.4, -0.2) is 28.2 Å². The van der Waals surface area contributed by atoms with E-state index in [9.17, 15) is 9.90 Å². The molecule has 1 aliphatic heterocycles. The van der Waals surface area contributed by atoms with Crippen molar-refractivity contribution in [2.75, 3.05) is 6.54 Å². The molecule has 3 rings (SSSR count). The summed E-state index contributed by atoms with van der Waals surface area (Å²) in [5, 5.41) is 13.9. The number of nitrogens with one attached hydrogen (secondary N) is 1. The summed E-state index contributed by atoms with van der Waals surface area (Å²) in [5.41, 5.74) is 2.33. The molecule has 1 aromatic heterocycles. The summed E-state index contributed by atoms with van der Waals surface area (Å²) in [5.74, 6) is -0.978. The van der Waals surface area contributed by atoms with Gasteiger partial charge in [0.15, 0.2) is 0 Å². The van der Waals surface area contributed by atoms with Gasteiger partial charge < -0.3 is 15.0 Å². The Morgan fingerprint density at radius 1 is 1.40 bits per heavy atom. The molecule has 3 atom stereocenters. The molecule has 106 valence electrons. The number of piperidine rings is 1. The van der Waals surface area contributed by atoms with Crippen molar-refractivity contribution >= 4 is 16.9 Å². The van der Waals surface area contributed by atoms with Crippen molar-refractivity contribution in [2.45, 2.75) is 25.3 Å². The first-order valence-corrected chi connectivity index (χ1v) is 7.08. The average Bonchev–Trinajstić information content (AvgIpc) is 2.76. The van der Waals surface area contributed by atoms with Crippen LogP contribution in [0.2, 0.25) is 0 Å². The Bertz CT molecular complexity index is 647. The smallest absolute Gasteiger partial charge is 0.308 e. The number of aliphatic carboxylic acids is 1. The van der Waals surface area contributed by atoms with Crippen LogP contribution in [0.15, 0.2) is 30.5 Å². The molecule has 4 heteroatoms. The molecule has 4 nitrogen and oxygen atoms in total. The van der Waals surface area contributed by atoms with E-state index in [1.165, 1.54) is 10.9 Å². The van der Waals surface area contributed by atoms with Crippen LogP contribution in [0.5, 0.6) is 0 Å². The molecule has 2 aromatic rings. The van der Waals surface area contributed by atoms with E-state index in [4.69, 9.17) is 0 Å². The van der Waals surface area contributed by atoms with Crippen LogP contribution in [0, 0.1) is 5.92 Å². The van der Waals surface area contributed by atoms with Crippen LogP contribution >= 0.6 is 0 Å². The summed E-state index contributed by atoms with van der Waals surface area (Å²) < 4.78 is 2.09. The highest BCUT2D eigenvalue weighted by Gasteiger charge is 2.35. The van der Waals surface area contributed by atoms with Crippen molar-refractivity contribution in [3.63, 3.8) is 0 Å². The number of aryl methyl sites for hydroxylation is 1. The van der Waals surface area contributed by atoms with Crippen molar-refractivity contribution < 1.29 is 9.90 Å². The summed E-state index contributed by atoms with van der Waals surface area (Å²) in [7, 11) is 2.02. The second kappa shape index (κ2) is 4.94. The molecule has 0 saturated carbocycles. The molecule has 1 fully saturated rings. The zero-order valence-electron chi connectivity index (χ0n) is 11.8. The highest BCUT2D eigenvalue weighted by atomic mass is 16.4. The third-order valence-corrected chi connectivity index (χ3v) is 4.42. The minimum atomic E-state index is -0.706. The number of aromatic nitrogens is 1. The number of nitrogens with zero attached hydrogens (tertiary/aromatic N) is 1. The van der Waals surface area contributed by atoms with Crippen LogP contribution in [0.1, 0.15) is 24.8 Å². The number of benzene rings is 1. The number of carbonyl (C=O) groups is 1. The van der Waals surface area contributed by atoms with Gasteiger partial charge in [0.1, 0.15) is 0 Å². The molecule has 0 radical (unpaired) electrons. The zero-order valence-corrected chi connectivity index (χ0v) is 11.8. The van der Waals surface area contributed by atoms with Crippen molar-refractivity contribution in [2.24, 2.45) is 13.0 Å². The first-order valence-electron chi connectivity index (χ1n) is 7.08. The highest BCUT2D eigenvalue weighted by molar-refractivity contribution is 5.85. The Kier molecular flexibility index (Phi) is 3.26. The quantitative estimate of drug-likeness (QED) is 0.882. The van der Waals surface area contributed by atoms with Crippen LogP contribution in [-0.2, 0) is 11.8 Å². The number of rotatable bonds is 2. The fourth-order valence-corrected chi connectivity index (χ4v) is 3.37. The highest BCUT2D eigenvalue weighted by Crippen LogP contribution is 2.37. The van der Waals surface area contributed by atoms with Gasteiger partial charge in [-0.05, 0) is 25.0 Å². The lowest BCUT2D eigenvalue weighted by molar-refractivity contribution is -0.143. The predicted octanol–water partition coefficient (Wildman–Crippen LogP) is 2.34. The summed E-state index contributed by atoms with van der Waals surface area (Å²) in [4.78, 5) is 11.5. The van der Waals surface area contributed by atoms with Crippen LogP contribution < -0.4 is 5.32 Å². The van der Waals surface area contributed by atoms with E-state index in [-0.39, 0.29) is 11.8 Å². The number of carboxylic acid groups (broad SMARTS) is 1. The third-order valence-electron chi connectivity index (χ3n) is 4.42. The van der Waals surface area contributed by atoms with E-state index in [0.29, 0.717) is 12.6 Å². The Balaban J connectivity index is 2.09. The van der Waals surface area contributed by atoms with Gasteiger partial charge in [-0.15, -0.1) is 0 Å². The topological polar surface area (TPSA) is 54.3 Å². The summed E-state index contributed by atoms with van der Waals surface area (Å²) >= 11 is 0. The number of carboxylic acids is 1. The molecule has 1 aromatic carbocycles. The standard InChI is InChI=1S/C16H20N2O2/c1-10-7-12(13(8-17-10)16(19)20)14-9-18(2)15-6-4-3-5-11(14)15/h3-6,9-10,12-13,17H,7-8H2,1-2H3,(H,19,20). The summed E-state index contributed by atoms with van der Waals surface area (Å²) in [6.45, 7) is 2.67. The molecule has 0 aliphatic carbocycles. The summed E-state index contributed by atoms with van der Waals surface area (Å²) in [6, 6.07) is 8.57. The van der Waals surface area contributed by atoms with Gasteiger partial charge in [0.25, 0.3) is 0 Å². The maximum absolute atomic E-state index is 11.5. The molecule has 0 bridgehead atoms. The molecule has 2 heterocycles. The van der Waals surface area contributed by atoms with E-state index in [0.717, 1.165) is 11.9 Å². The maximum atomic E-state index is 11.5. The molecule has 0 spiro atoms. The minimum absolute atomic E-state index is 0.0786. The zero-order chi connectivity index (χ0) is 14.3. The fraction of sp³-hybridized carbons (Fsp3) is 0.438. The van der Waals surface area contributed by atoms with E-state index in [1.54, 1.807) is 0 Å². The van der Waals surface area contributed by atoms with Crippen LogP contribution in [0.25, 0.3) is 10.9 Å². The maximum Gasteiger partial charge on any atom is 0.308 e. The third kappa shape index (κ3) is 2.10. The number of hydrogen-bond donors (Lipinski definition) is 2. The first kappa shape index (κ1) is 13.2. The fourth-order valence-electron chi connectivity index (χ4n) is 3.37. The molecule has 3 unspecified atom stereocenters. The van der Waals surface area contributed by atoms with Gasteiger partial charge in [0.2, 0.25) is 0 Å². The average molecular weight is 272 g/mol. The van der Waals surface area contributed by atoms with Gasteiger partial charge in [-0.25, -0.2) is 0 Å². The second-order valence-corrected chi connectivity index (χ2v) is 5.81. The Labute approximate surface area is 118 Å². The molecular weight excluding hydrogens is 252 g/mol. The van der Waals surface area contributed by atoms with E-state index in [2.05, 4.69) is 35.1 Å². The molecule has 1 saturated heterocycles.